The van der Waals surface area contributed by atoms with Crippen LogP contribution < -0.4 is 0 Å². The van der Waals surface area contributed by atoms with Gasteiger partial charge in [-0.05, 0) is 135 Å². The van der Waals surface area contributed by atoms with Gasteiger partial charge < -0.3 is 14.2 Å². The fraction of sp³-hybridized carbons (Fsp3) is 0.685. The van der Waals surface area contributed by atoms with Crippen LogP contribution >= 0.6 is 0 Å². The third-order valence-electron chi connectivity index (χ3n) is 13.9. The first-order valence-corrected chi connectivity index (χ1v) is 33.0. The van der Waals surface area contributed by atoms with Crippen LogP contribution in [-0.2, 0) is 28.6 Å². The lowest BCUT2D eigenvalue weighted by molar-refractivity contribution is -0.167. The SMILES string of the molecule is CC/C=C\C/C=C\C/C=C\C/C=C\C/C=C\C/C=C\C/C=C\CCCCCC(=O)OCC(COC(=O)CCCCCCCCC/C=C\CCCCCCCCC)OC(=O)CCCCCCCCC/C=C\C/C=C\CCCCCC. The number of allylic oxidation sites excluding steroid dienone is 20. The second kappa shape index (κ2) is 66.3. The van der Waals surface area contributed by atoms with Crippen LogP contribution in [0.3, 0.4) is 0 Å². The van der Waals surface area contributed by atoms with Gasteiger partial charge in [0.05, 0.1) is 0 Å². The number of rotatable bonds is 59. The Morgan fingerprint density at radius 2 is 0.494 bits per heavy atom. The van der Waals surface area contributed by atoms with Crippen molar-refractivity contribution in [3.63, 3.8) is 0 Å². The van der Waals surface area contributed by atoms with Crippen molar-refractivity contribution >= 4 is 17.9 Å². The summed E-state index contributed by atoms with van der Waals surface area (Å²) in [6.07, 6.45) is 92.0. The average molecular weight is 1100 g/mol. The largest absolute Gasteiger partial charge is 0.462 e. The zero-order valence-electron chi connectivity index (χ0n) is 51.6. The third kappa shape index (κ3) is 64.5. The van der Waals surface area contributed by atoms with E-state index >= 15 is 0 Å². The summed E-state index contributed by atoms with van der Waals surface area (Å²) in [6, 6.07) is 0. The van der Waals surface area contributed by atoms with Gasteiger partial charge in [0.2, 0.25) is 0 Å². The van der Waals surface area contributed by atoms with Crippen molar-refractivity contribution in [2.45, 2.75) is 309 Å². The number of hydrogen-bond donors (Lipinski definition) is 0. The van der Waals surface area contributed by atoms with E-state index in [9.17, 15) is 14.4 Å². The van der Waals surface area contributed by atoms with E-state index in [0.29, 0.717) is 19.3 Å². The highest BCUT2D eigenvalue weighted by Gasteiger charge is 2.19. The lowest BCUT2D eigenvalue weighted by Crippen LogP contribution is -2.30. The highest BCUT2D eigenvalue weighted by molar-refractivity contribution is 5.71. The Hall–Kier alpha value is -4.19. The van der Waals surface area contributed by atoms with E-state index in [1.165, 1.54) is 141 Å². The van der Waals surface area contributed by atoms with Crippen LogP contribution in [0.15, 0.2) is 122 Å². The summed E-state index contributed by atoms with van der Waals surface area (Å²) in [5.41, 5.74) is 0. The Bertz CT molecular complexity index is 1640. The molecule has 0 rings (SSSR count). The Morgan fingerprint density at radius 1 is 0.266 bits per heavy atom. The van der Waals surface area contributed by atoms with Gasteiger partial charge in [-0.1, -0.05) is 271 Å². The lowest BCUT2D eigenvalue weighted by Gasteiger charge is -2.18. The smallest absolute Gasteiger partial charge is 0.306 e. The van der Waals surface area contributed by atoms with E-state index < -0.39 is 6.10 Å². The molecule has 0 aliphatic heterocycles. The molecular weight excluding hydrogens is 973 g/mol. The van der Waals surface area contributed by atoms with E-state index in [1.807, 2.05) is 0 Å². The molecule has 0 aliphatic carbocycles. The predicted molar refractivity (Wildman–Crippen MR) is 343 cm³/mol. The Morgan fingerprint density at radius 3 is 0.810 bits per heavy atom. The minimum Gasteiger partial charge on any atom is -0.462 e. The van der Waals surface area contributed by atoms with Gasteiger partial charge in [0.15, 0.2) is 6.10 Å². The molecule has 0 saturated carbocycles. The van der Waals surface area contributed by atoms with Gasteiger partial charge in [-0.3, -0.25) is 14.4 Å². The second-order valence-electron chi connectivity index (χ2n) is 21.6. The predicted octanol–water partition coefficient (Wildman–Crippen LogP) is 22.8. The summed E-state index contributed by atoms with van der Waals surface area (Å²) in [6.45, 7) is 6.49. The van der Waals surface area contributed by atoms with Crippen molar-refractivity contribution in [2.24, 2.45) is 0 Å². The standard InChI is InChI=1S/C73H122O6/c1-4-7-10-13-16-19-22-25-28-31-34-35-36-37-38-39-40-43-45-48-51-54-57-60-63-66-72(75)78-69-70(79-73(76)67-64-61-58-55-52-49-46-42-33-30-27-24-21-18-15-12-9-6-3)68-77-71(74)65-62-59-56-53-50-47-44-41-32-29-26-23-20-17-14-11-8-5-2/h7,10,16,19,21,24-25,28-30,32-35,37-38,40,43,48,51,70H,4-6,8-9,11-15,17-18,20,22-23,26-27,31,36,39,41-42,44-47,49-50,52-69H2,1-3H3/b10-7-,19-16-,24-21-,28-25-,32-29-,33-30-,35-34-,38-37-,43-40-,51-48-. The second-order valence-corrected chi connectivity index (χ2v) is 21.6. The molecule has 0 bridgehead atoms. The molecule has 450 valence electrons. The van der Waals surface area contributed by atoms with Crippen LogP contribution in [0, 0.1) is 0 Å². The van der Waals surface area contributed by atoms with Gasteiger partial charge in [-0.15, -0.1) is 0 Å². The van der Waals surface area contributed by atoms with Crippen LogP contribution in [0.2, 0.25) is 0 Å². The molecule has 1 atom stereocenters. The molecule has 0 amide bonds. The van der Waals surface area contributed by atoms with E-state index in [-0.39, 0.29) is 31.1 Å². The highest BCUT2D eigenvalue weighted by atomic mass is 16.6. The summed E-state index contributed by atoms with van der Waals surface area (Å²) < 4.78 is 16.9. The van der Waals surface area contributed by atoms with E-state index in [2.05, 4.69) is 142 Å². The van der Waals surface area contributed by atoms with Crippen LogP contribution in [0.1, 0.15) is 303 Å². The molecule has 6 heteroatoms. The lowest BCUT2D eigenvalue weighted by atomic mass is 10.1. The summed E-state index contributed by atoms with van der Waals surface area (Å²) in [5.74, 6) is -0.935. The van der Waals surface area contributed by atoms with Crippen LogP contribution in [0.5, 0.6) is 0 Å². The Kier molecular flexibility index (Phi) is 62.8. The van der Waals surface area contributed by atoms with Crippen LogP contribution in [0.25, 0.3) is 0 Å². The first kappa shape index (κ1) is 74.8. The number of ether oxygens (including phenoxy) is 3. The summed E-state index contributed by atoms with van der Waals surface area (Å²) in [4.78, 5) is 38.4. The number of carbonyl (C=O) groups excluding carboxylic acids is 3. The van der Waals surface area contributed by atoms with E-state index in [4.69, 9.17) is 14.2 Å². The van der Waals surface area contributed by atoms with Crippen LogP contribution in [0.4, 0.5) is 0 Å². The van der Waals surface area contributed by atoms with Crippen molar-refractivity contribution in [1.82, 2.24) is 0 Å². The molecule has 0 aliphatic rings. The normalized spacial score (nSPS) is 12.9. The Balaban J connectivity index is 4.47. The monoisotopic (exact) mass is 1090 g/mol. The molecule has 0 radical (unpaired) electrons. The number of unbranched alkanes of at least 4 members (excludes halogenated alkanes) is 28. The number of hydrogen-bond acceptors (Lipinski definition) is 6. The van der Waals surface area contributed by atoms with Crippen molar-refractivity contribution in [2.75, 3.05) is 13.2 Å². The molecule has 0 saturated heterocycles. The van der Waals surface area contributed by atoms with Gasteiger partial charge in [0.1, 0.15) is 13.2 Å². The number of esters is 3. The van der Waals surface area contributed by atoms with Crippen molar-refractivity contribution in [1.29, 1.82) is 0 Å². The first-order chi connectivity index (χ1) is 39.0. The van der Waals surface area contributed by atoms with Gasteiger partial charge in [0, 0.05) is 19.3 Å². The minimum atomic E-state index is -0.803. The van der Waals surface area contributed by atoms with Gasteiger partial charge in [-0.2, -0.15) is 0 Å². The van der Waals surface area contributed by atoms with Crippen molar-refractivity contribution in [3.05, 3.63) is 122 Å². The summed E-state index contributed by atoms with van der Waals surface area (Å²) in [5, 5.41) is 0. The minimum absolute atomic E-state index is 0.0960. The topological polar surface area (TPSA) is 78.9 Å². The molecule has 0 heterocycles. The Labute approximate surface area is 488 Å². The molecular formula is C73H122O6. The highest BCUT2D eigenvalue weighted by Crippen LogP contribution is 2.15. The number of carbonyl (C=O) groups is 3. The third-order valence-corrected chi connectivity index (χ3v) is 13.9. The average Bonchev–Trinajstić information content (AvgIpc) is 3.45. The molecule has 1 unspecified atom stereocenters. The quantitative estimate of drug-likeness (QED) is 0.0261. The maximum Gasteiger partial charge on any atom is 0.306 e. The summed E-state index contributed by atoms with van der Waals surface area (Å²) >= 11 is 0. The molecule has 0 fully saturated rings. The molecule has 6 nitrogen and oxygen atoms in total. The molecule has 0 aromatic heterocycles. The molecule has 79 heavy (non-hydrogen) atoms. The van der Waals surface area contributed by atoms with E-state index in [1.54, 1.807) is 0 Å². The van der Waals surface area contributed by atoms with Gasteiger partial charge in [0.25, 0.3) is 0 Å². The zero-order chi connectivity index (χ0) is 57.1. The summed E-state index contributed by atoms with van der Waals surface area (Å²) in [7, 11) is 0. The van der Waals surface area contributed by atoms with Crippen molar-refractivity contribution < 1.29 is 28.6 Å². The first-order valence-electron chi connectivity index (χ1n) is 33.0. The maximum atomic E-state index is 12.9. The molecule has 0 spiro atoms. The fourth-order valence-electron chi connectivity index (χ4n) is 8.98. The molecule has 0 aromatic carbocycles. The zero-order valence-corrected chi connectivity index (χ0v) is 51.6. The molecule has 0 aromatic rings. The molecule has 0 N–H and O–H groups in total. The van der Waals surface area contributed by atoms with Crippen molar-refractivity contribution in [3.8, 4) is 0 Å². The van der Waals surface area contributed by atoms with Gasteiger partial charge in [-0.25, -0.2) is 0 Å². The van der Waals surface area contributed by atoms with Crippen LogP contribution in [-0.4, -0.2) is 37.2 Å². The van der Waals surface area contributed by atoms with E-state index in [0.717, 1.165) is 122 Å². The maximum absolute atomic E-state index is 12.9. The van der Waals surface area contributed by atoms with Gasteiger partial charge >= 0.3 is 17.9 Å². The fourth-order valence-corrected chi connectivity index (χ4v) is 8.98.